The Morgan fingerprint density at radius 2 is 1.52 bits per heavy atom. The Morgan fingerprint density at radius 3 is 2.10 bits per heavy atom. The first-order valence-electron chi connectivity index (χ1n) is 9.51. The molecule has 0 radical (unpaired) electrons. The summed E-state index contributed by atoms with van der Waals surface area (Å²) in [5, 5.41) is 13.0. The van der Waals surface area contributed by atoms with Gasteiger partial charge in [0, 0.05) is 0 Å². The number of carbonyl (C=O) groups excluding carboxylic acids is 2. The number of ether oxygens (including phenoxy) is 1. The van der Waals surface area contributed by atoms with Gasteiger partial charge in [-0.1, -0.05) is 12.2 Å². The van der Waals surface area contributed by atoms with Crippen molar-refractivity contribution in [2.45, 2.75) is 17.1 Å². The fraction of sp³-hybridized carbons (Fsp3) is 0.190. The minimum absolute atomic E-state index is 0.0662. The third-order valence-electron chi connectivity index (χ3n) is 5.60. The highest BCUT2D eigenvalue weighted by Gasteiger charge is 2.61. The number of aromatic hydroxyl groups is 1. The molecule has 3 aliphatic rings. The van der Waals surface area contributed by atoms with Crippen LogP contribution < -0.4 is 9.73 Å². The number of rotatable bonds is 5. The Kier molecular flexibility index (Phi) is 4.42. The van der Waals surface area contributed by atoms with E-state index in [-0.39, 0.29) is 34.7 Å². The lowest BCUT2D eigenvalue weighted by Gasteiger charge is -2.17. The molecular formula is C21H17N3O6S. The normalized spacial score (nSPS) is 26.8. The minimum Gasteiger partial charge on any atom is -0.508 e. The quantitative estimate of drug-likeness (QED) is 0.312. The van der Waals surface area contributed by atoms with Crippen molar-refractivity contribution >= 4 is 33.7 Å². The van der Waals surface area contributed by atoms with Crippen LogP contribution in [0.25, 0.3) is 0 Å². The van der Waals surface area contributed by atoms with Gasteiger partial charge in [-0.25, -0.2) is 9.73 Å². The van der Waals surface area contributed by atoms with Gasteiger partial charge in [-0.3, -0.25) is 9.59 Å². The van der Waals surface area contributed by atoms with Crippen molar-refractivity contribution in [2.75, 3.05) is 4.90 Å². The van der Waals surface area contributed by atoms with Crippen molar-refractivity contribution in [3.05, 3.63) is 66.2 Å². The van der Waals surface area contributed by atoms with Crippen LogP contribution in [0.4, 0.5) is 5.69 Å². The molecule has 9 nitrogen and oxygen atoms in total. The lowest BCUT2D eigenvalue weighted by atomic mass is 9.85. The van der Waals surface area contributed by atoms with Crippen molar-refractivity contribution in [1.82, 2.24) is 4.83 Å². The molecule has 2 unspecified atom stereocenters. The third-order valence-corrected chi connectivity index (χ3v) is 6.83. The minimum atomic E-state index is -3.94. The molecule has 2 aromatic rings. The van der Waals surface area contributed by atoms with E-state index in [0.717, 1.165) is 4.90 Å². The molecule has 2 amide bonds. The number of hydrogen-bond donors (Lipinski definition) is 2. The fourth-order valence-corrected chi connectivity index (χ4v) is 4.91. The molecular weight excluding hydrogens is 422 g/mol. The van der Waals surface area contributed by atoms with Gasteiger partial charge in [-0.2, -0.15) is 13.5 Å². The summed E-state index contributed by atoms with van der Waals surface area (Å²) < 4.78 is 30.5. The highest BCUT2D eigenvalue weighted by molar-refractivity contribution is 7.89. The van der Waals surface area contributed by atoms with E-state index in [1.54, 1.807) is 24.3 Å². The highest BCUT2D eigenvalue weighted by Crippen LogP contribution is 2.46. The van der Waals surface area contributed by atoms with E-state index in [0.29, 0.717) is 11.3 Å². The molecule has 158 valence electrons. The van der Waals surface area contributed by atoms with Crippen molar-refractivity contribution in [1.29, 1.82) is 0 Å². The van der Waals surface area contributed by atoms with Crippen LogP contribution in [0.2, 0.25) is 0 Å². The predicted molar refractivity (Wildman–Crippen MR) is 110 cm³/mol. The summed E-state index contributed by atoms with van der Waals surface area (Å²) in [5.41, 5.74) is 0.912. The molecule has 2 bridgehead atoms. The molecule has 2 saturated heterocycles. The molecule has 3 aliphatic heterocycles. The van der Waals surface area contributed by atoms with Crippen LogP contribution in [0.5, 0.6) is 5.75 Å². The summed E-state index contributed by atoms with van der Waals surface area (Å²) in [7, 11) is -3.94. The van der Waals surface area contributed by atoms with E-state index in [4.69, 9.17) is 4.74 Å². The Bertz CT molecular complexity index is 1190. The van der Waals surface area contributed by atoms with Gasteiger partial charge in [0.15, 0.2) is 0 Å². The van der Waals surface area contributed by atoms with Crippen molar-refractivity contribution in [2.24, 2.45) is 16.9 Å². The summed E-state index contributed by atoms with van der Waals surface area (Å²) >= 11 is 0. The van der Waals surface area contributed by atoms with Crippen molar-refractivity contribution < 1.29 is 27.9 Å². The Hall–Kier alpha value is -3.50. The number of anilines is 1. The summed E-state index contributed by atoms with van der Waals surface area (Å²) in [6.45, 7) is 0. The number of fused-ring (bicyclic) bond motifs is 5. The molecule has 2 aromatic carbocycles. The standard InChI is InChI=1S/C21H17N3O6S/c25-14-5-1-12(2-6-14)11-22-23-31(28,29)15-7-3-13(4-8-15)24-20(26)18-16-9-10-17(30-16)19(18)21(24)27/h1-11,16-19,23,25H/b22-11+/t16-,17+,18?,19?. The van der Waals surface area contributed by atoms with Gasteiger partial charge in [0.25, 0.3) is 10.0 Å². The molecule has 10 heteroatoms. The molecule has 4 atom stereocenters. The second-order valence-electron chi connectivity index (χ2n) is 7.45. The monoisotopic (exact) mass is 439 g/mol. The average Bonchev–Trinajstić information content (AvgIpc) is 3.43. The zero-order valence-corrected chi connectivity index (χ0v) is 16.8. The van der Waals surface area contributed by atoms with Crippen LogP contribution in [0, 0.1) is 11.8 Å². The zero-order chi connectivity index (χ0) is 21.8. The highest BCUT2D eigenvalue weighted by atomic mass is 32.2. The molecule has 0 spiro atoms. The number of phenols is 1. The number of amides is 2. The number of nitrogens with zero attached hydrogens (tertiary/aromatic N) is 2. The second kappa shape index (κ2) is 7.03. The summed E-state index contributed by atoms with van der Waals surface area (Å²) in [4.78, 5) is 28.7. The molecule has 3 heterocycles. The van der Waals surface area contributed by atoms with E-state index in [2.05, 4.69) is 9.93 Å². The van der Waals surface area contributed by atoms with Crippen molar-refractivity contribution in [3.8, 4) is 5.75 Å². The molecule has 0 aliphatic carbocycles. The van der Waals surface area contributed by atoms with E-state index in [9.17, 15) is 23.1 Å². The van der Waals surface area contributed by atoms with Crippen molar-refractivity contribution in [3.63, 3.8) is 0 Å². The topological polar surface area (TPSA) is 125 Å². The van der Waals surface area contributed by atoms with Gasteiger partial charge in [0.05, 0.1) is 40.8 Å². The maximum Gasteiger partial charge on any atom is 0.276 e. The third kappa shape index (κ3) is 3.20. The lowest BCUT2D eigenvalue weighted by Crippen LogP contribution is -2.34. The Morgan fingerprint density at radius 1 is 0.935 bits per heavy atom. The summed E-state index contributed by atoms with van der Waals surface area (Å²) in [6, 6.07) is 11.5. The molecule has 5 rings (SSSR count). The first-order valence-corrected chi connectivity index (χ1v) is 11.0. The van der Waals surface area contributed by atoms with Gasteiger partial charge in [0.1, 0.15) is 5.75 Å². The number of carbonyl (C=O) groups is 2. The summed E-state index contributed by atoms with van der Waals surface area (Å²) in [5.74, 6) is -1.63. The van der Waals surface area contributed by atoms with Gasteiger partial charge >= 0.3 is 0 Å². The largest absolute Gasteiger partial charge is 0.508 e. The fourth-order valence-electron chi connectivity index (χ4n) is 4.12. The average molecular weight is 439 g/mol. The van der Waals surface area contributed by atoms with Gasteiger partial charge in [-0.15, -0.1) is 0 Å². The first-order chi connectivity index (χ1) is 14.8. The molecule has 31 heavy (non-hydrogen) atoms. The predicted octanol–water partition coefficient (Wildman–Crippen LogP) is 1.15. The number of phenolic OH excluding ortho intramolecular Hbond substituents is 1. The second-order valence-corrected chi connectivity index (χ2v) is 9.11. The summed E-state index contributed by atoms with van der Waals surface area (Å²) in [6.07, 6.45) is 4.15. The van der Waals surface area contributed by atoms with Crippen LogP contribution in [-0.4, -0.2) is 43.8 Å². The van der Waals surface area contributed by atoms with Gasteiger partial charge < -0.3 is 9.84 Å². The van der Waals surface area contributed by atoms with Crippen LogP contribution in [0.15, 0.2) is 70.7 Å². The number of benzene rings is 2. The Balaban J connectivity index is 1.31. The van der Waals surface area contributed by atoms with Crippen LogP contribution in [-0.2, 0) is 24.3 Å². The SMILES string of the molecule is O=C1C2C(C(=O)N1c1ccc(S(=O)(=O)N/N=C/c3ccc(O)cc3)cc1)[C@H]1C=C[C@@H]2O1. The van der Waals surface area contributed by atoms with Crippen LogP contribution in [0.1, 0.15) is 5.56 Å². The van der Waals surface area contributed by atoms with E-state index in [1.165, 1.54) is 42.6 Å². The van der Waals surface area contributed by atoms with Crippen LogP contribution in [0.3, 0.4) is 0 Å². The maximum atomic E-state index is 12.8. The molecule has 0 saturated carbocycles. The first kappa shape index (κ1) is 19.5. The molecule has 2 N–H and O–H groups in total. The maximum absolute atomic E-state index is 12.8. The van der Waals surface area contributed by atoms with E-state index >= 15 is 0 Å². The number of sulfonamides is 1. The Labute approximate surface area is 177 Å². The van der Waals surface area contributed by atoms with E-state index in [1.807, 2.05) is 0 Å². The zero-order valence-electron chi connectivity index (χ0n) is 16.0. The van der Waals surface area contributed by atoms with E-state index < -0.39 is 21.9 Å². The number of nitrogens with one attached hydrogen (secondary N) is 1. The number of hydrogen-bond acceptors (Lipinski definition) is 7. The van der Waals surface area contributed by atoms with Gasteiger partial charge in [0.2, 0.25) is 11.8 Å². The van der Waals surface area contributed by atoms with Crippen LogP contribution >= 0.6 is 0 Å². The van der Waals surface area contributed by atoms with Gasteiger partial charge in [-0.05, 0) is 54.1 Å². The number of hydrazone groups is 1. The lowest BCUT2D eigenvalue weighted by molar-refractivity contribution is -0.124. The molecule has 2 fully saturated rings. The molecule has 0 aromatic heterocycles. The smallest absolute Gasteiger partial charge is 0.276 e. The number of imide groups is 1.